The molecule has 1 aliphatic rings. The van der Waals surface area contributed by atoms with E-state index in [4.69, 9.17) is 4.74 Å². The first-order valence-electron chi connectivity index (χ1n) is 7.88. The normalized spacial score (nSPS) is 15.5. The lowest BCUT2D eigenvalue weighted by Crippen LogP contribution is -2.31. The minimum Gasteiger partial charge on any atom is -0.372 e. The minimum absolute atomic E-state index is 0.239. The van der Waals surface area contributed by atoms with Crippen molar-refractivity contribution in [2.45, 2.75) is 46.1 Å². The van der Waals surface area contributed by atoms with Gasteiger partial charge in [-0.25, -0.2) is 0 Å². The van der Waals surface area contributed by atoms with Crippen LogP contribution in [-0.2, 0) is 44.9 Å². The predicted molar refractivity (Wildman–Crippen MR) is 84.2 cm³/mol. The Morgan fingerprint density at radius 1 is 1.32 bits per heavy atom. The van der Waals surface area contributed by atoms with E-state index in [2.05, 4.69) is 35.1 Å². The van der Waals surface area contributed by atoms with Crippen molar-refractivity contribution >= 4 is 0 Å². The smallest absolute Gasteiger partial charge is 0.0917 e. The highest BCUT2D eigenvalue weighted by atomic mass is 16.5. The second kappa shape index (κ2) is 6.22. The SMILES string of the molecule is CC(C)OCc1nn(C)c2c1CCN(Cc1cnn(C)c1)C2. The molecular formula is C16H25N5O. The summed E-state index contributed by atoms with van der Waals surface area (Å²) in [5, 5.41) is 8.90. The molecule has 3 rings (SSSR count). The lowest BCUT2D eigenvalue weighted by atomic mass is 10.0. The minimum atomic E-state index is 0.239. The molecule has 3 heterocycles. The van der Waals surface area contributed by atoms with Crippen LogP contribution >= 0.6 is 0 Å². The van der Waals surface area contributed by atoms with Crippen LogP contribution in [0.3, 0.4) is 0 Å². The van der Waals surface area contributed by atoms with Gasteiger partial charge in [-0.1, -0.05) is 0 Å². The highest BCUT2D eigenvalue weighted by Gasteiger charge is 2.24. The van der Waals surface area contributed by atoms with Gasteiger partial charge >= 0.3 is 0 Å². The average Bonchev–Trinajstić information content (AvgIpc) is 3.01. The molecule has 0 aliphatic carbocycles. The van der Waals surface area contributed by atoms with E-state index in [1.54, 1.807) is 0 Å². The van der Waals surface area contributed by atoms with Crippen LogP contribution in [0.5, 0.6) is 0 Å². The van der Waals surface area contributed by atoms with E-state index >= 15 is 0 Å². The molecule has 0 aromatic carbocycles. The Balaban J connectivity index is 1.70. The van der Waals surface area contributed by atoms with Gasteiger partial charge in [0.2, 0.25) is 0 Å². The molecule has 0 radical (unpaired) electrons. The molecule has 6 nitrogen and oxygen atoms in total. The zero-order valence-corrected chi connectivity index (χ0v) is 13.9. The number of nitrogens with zero attached hydrogens (tertiary/aromatic N) is 5. The molecule has 0 fully saturated rings. The Hall–Kier alpha value is -1.66. The molecule has 0 N–H and O–H groups in total. The lowest BCUT2D eigenvalue weighted by Gasteiger charge is -2.27. The summed E-state index contributed by atoms with van der Waals surface area (Å²) in [6, 6.07) is 0. The molecule has 0 spiro atoms. The summed E-state index contributed by atoms with van der Waals surface area (Å²) < 4.78 is 9.61. The van der Waals surface area contributed by atoms with E-state index in [0.29, 0.717) is 6.61 Å². The van der Waals surface area contributed by atoms with Crippen molar-refractivity contribution in [2.24, 2.45) is 14.1 Å². The van der Waals surface area contributed by atoms with Crippen molar-refractivity contribution in [3.63, 3.8) is 0 Å². The molecule has 0 bridgehead atoms. The number of ether oxygens (including phenoxy) is 1. The summed E-state index contributed by atoms with van der Waals surface area (Å²) in [5.41, 5.74) is 5.06. The van der Waals surface area contributed by atoms with Gasteiger partial charge < -0.3 is 4.74 Å². The van der Waals surface area contributed by atoms with Crippen LogP contribution in [0.15, 0.2) is 12.4 Å². The van der Waals surface area contributed by atoms with Gasteiger partial charge in [-0.15, -0.1) is 0 Å². The van der Waals surface area contributed by atoms with Gasteiger partial charge in [-0.3, -0.25) is 14.3 Å². The summed E-state index contributed by atoms with van der Waals surface area (Å²) in [7, 11) is 3.99. The predicted octanol–water partition coefficient (Wildman–Crippen LogP) is 1.64. The summed E-state index contributed by atoms with van der Waals surface area (Å²) in [4.78, 5) is 2.45. The molecule has 0 atom stereocenters. The number of aryl methyl sites for hydroxylation is 2. The van der Waals surface area contributed by atoms with Crippen molar-refractivity contribution in [1.82, 2.24) is 24.5 Å². The van der Waals surface area contributed by atoms with E-state index < -0.39 is 0 Å². The maximum atomic E-state index is 5.73. The molecule has 2 aromatic rings. The Kier molecular flexibility index (Phi) is 4.31. The zero-order chi connectivity index (χ0) is 15.7. The molecule has 0 saturated carbocycles. The van der Waals surface area contributed by atoms with E-state index in [1.807, 2.05) is 29.7 Å². The van der Waals surface area contributed by atoms with Gasteiger partial charge in [0, 0.05) is 51.1 Å². The van der Waals surface area contributed by atoms with Gasteiger partial charge in [0.05, 0.1) is 30.3 Å². The average molecular weight is 303 g/mol. The van der Waals surface area contributed by atoms with Crippen LogP contribution in [0.4, 0.5) is 0 Å². The van der Waals surface area contributed by atoms with E-state index in [-0.39, 0.29) is 6.10 Å². The van der Waals surface area contributed by atoms with Crippen molar-refractivity contribution in [1.29, 1.82) is 0 Å². The Bertz CT molecular complexity index is 643. The van der Waals surface area contributed by atoms with Crippen LogP contribution in [0.25, 0.3) is 0 Å². The molecule has 1 aliphatic heterocycles. The summed E-state index contributed by atoms with van der Waals surface area (Å²) in [6.07, 6.45) is 5.31. The molecule has 0 amide bonds. The van der Waals surface area contributed by atoms with Gasteiger partial charge in [-0.05, 0) is 20.3 Å². The molecular weight excluding hydrogens is 278 g/mol. The fourth-order valence-corrected chi connectivity index (χ4v) is 3.02. The molecule has 2 aromatic heterocycles. The first kappa shape index (κ1) is 15.2. The van der Waals surface area contributed by atoms with E-state index in [9.17, 15) is 0 Å². The molecule has 0 saturated heterocycles. The van der Waals surface area contributed by atoms with Gasteiger partial charge in [0.1, 0.15) is 0 Å². The maximum Gasteiger partial charge on any atom is 0.0917 e. The number of aromatic nitrogens is 4. The van der Waals surface area contributed by atoms with Gasteiger partial charge in [-0.2, -0.15) is 10.2 Å². The first-order chi connectivity index (χ1) is 10.5. The Morgan fingerprint density at radius 2 is 2.14 bits per heavy atom. The van der Waals surface area contributed by atoms with Crippen LogP contribution in [-0.4, -0.2) is 37.1 Å². The number of fused-ring (bicyclic) bond motifs is 1. The largest absolute Gasteiger partial charge is 0.372 e. The van der Waals surface area contributed by atoms with Crippen molar-refractivity contribution in [3.8, 4) is 0 Å². The van der Waals surface area contributed by atoms with E-state index in [1.165, 1.54) is 16.8 Å². The molecule has 22 heavy (non-hydrogen) atoms. The molecule has 120 valence electrons. The zero-order valence-electron chi connectivity index (χ0n) is 13.9. The standard InChI is InChI=1S/C16H25N5O/c1-12(2)22-11-15-14-5-6-21(10-16(14)20(4)18-15)9-13-7-17-19(3)8-13/h7-8,12H,5-6,9-11H2,1-4H3. The molecule has 0 unspecified atom stereocenters. The highest BCUT2D eigenvalue weighted by molar-refractivity contribution is 5.28. The third kappa shape index (κ3) is 3.23. The van der Waals surface area contributed by atoms with E-state index in [0.717, 1.165) is 31.7 Å². The number of hydrogen-bond donors (Lipinski definition) is 0. The Morgan fingerprint density at radius 3 is 2.82 bits per heavy atom. The second-order valence-corrected chi connectivity index (χ2v) is 6.34. The quantitative estimate of drug-likeness (QED) is 0.842. The fraction of sp³-hybridized carbons (Fsp3) is 0.625. The van der Waals surface area contributed by atoms with Crippen LogP contribution < -0.4 is 0 Å². The summed E-state index contributed by atoms with van der Waals surface area (Å²) >= 11 is 0. The van der Waals surface area contributed by atoms with Crippen LogP contribution in [0.2, 0.25) is 0 Å². The first-order valence-corrected chi connectivity index (χ1v) is 7.88. The van der Waals surface area contributed by atoms with Gasteiger partial charge in [0.25, 0.3) is 0 Å². The summed E-state index contributed by atoms with van der Waals surface area (Å²) in [6.45, 7) is 7.67. The molecule has 6 heteroatoms. The fourth-order valence-electron chi connectivity index (χ4n) is 3.02. The number of hydrogen-bond acceptors (Lipinski definition) is 4. The Labute approximate surface area is 131 Å². The monoisotopic (exact) mass is 303 g/mol. The second-order valence-electron chi connectivity index (χ2n) is 6.34. The third-order valence-electron chi connectivity index (χ3n) is 4.13. The lowest BCUT2D eigenvalue weighted by molar-refractivity contribution is 0.0627. The van der Waals surface area contributed by atoms with Crippen LogP contribution in [0.1, 0.15) is 36.4 Å². The van der Waals surface area contributed by atoms with Crippen molar-refractivity contribution in [2.75, 3.05) is 6.54 Å². The summed E-state index contributed by atoms with van der Waals surface area (Å²) in [5.74, 6) is 0. The van der Waals surface area contributed by atoms with Gasteiger partial charge in [0.15, 0.2) is 0 Å². The van der Waals surface area contributed by atoms with Crippen molar-refractivity contribution in [3.05, 3.63) is 34.9 Å². The third-order valence-corrected chi connectivity index (χ3v) is 4.13. The van der Waals surface area contributed by atoms with Crippen molar-refractivity contribution < 1.29 is 4.74 Å². The van der Waals surface area contributed by atoms with Crippen LogP contribution in [0, 0.1) is 0 Å². The highest BCUT2D eigenvalue weighted by Crippen LogP contribution is 2.24. The number of rotatable bonds is 5. The maximum absolute atomic E-state index is 5.73. The topological polar surface area (TPSA) is 48.1 Å².